The van der Waals surface area contributed by atoms with Crippen LogP contribution in [-0.2, 0) is 6.42 Å². The van der Waals surface area contributed by atoms with Gasteiger partial charge in [-0.3, -0.25) is 0 Å². The molecule has 0 radical (unpaired) electrons. The molecule has 2 rings (SSSR count). The largest absolute Gasteiger partial charge is 0.490 e. The molecule has 0 saturated carbocycles. The maximum atomic E-state index is 12.9. The average molecular weight is 273 g/mol. The molecule has 0 amide bonds. The maximum Gasteiger partial charge on any atom is 0.123 e. The van der Waals surface area contributed by atoms with Gasteiger partial charge in [-0.05, 0) is 31.0 Å². The Morgan fingerprint density at radius 1 is 1.60 bits per heavy atom. The van der Waals surface area contributed by atoms with Crippen LogP contribution >= 0.6 is 15.9 Å². The molecule has 0 aliphatic carbocycles. The molecule has 0 fully saturated rings. The summed E-state index contributed by atoms with van der Waals surface area (Å²) in [7, 11) is 0. The smallest absolute Gasteiger partial charge is 0.123 e. The summed E-state index contributed by atoms with van der Waals surface area (Å²) in [5, 5.41) is 0. The molecular weight excluding hydrogens is 259 g/mol. The summed E-state index contributed by atoms with van der Waals surface area (Å²) in [4.78, 5) is 0.515. The number of benzene rings is 1. The van der Waals surface area contributed by atoms with Crippen molar-refractivity contribution >= 4 is 15.9 Å². The van der Waals surface area contributed by atoms with Crippen molar-refractivity contribution in [3.8, 4) is 5.75 Å². The van der Waals surface area contributed by atoms with Gasteiger partial charge in [-0.15, -0.1) is 0 Å². The Morgan fingerprint density at radius 3 is 3.13 bits per heavy atom. The molecule has 0 N–H and O–H groups in total. The number of halogens is 2. The zero-order valence-corrected chi connectivity index (χ0v) is 10.3. The van der Waals surface area contributed by atoms with E-state index in [0.717, 1.165) is 30.6 Å². The maximum absolute atomic E-state index is 12.9. The number of rotatable bonds is 3. The van der Waals surface area contributed by atoms with E-state index in [0.29, 0.717) is 4.83 Å². The fraction of sp³-hybridized carbons (Fsp3) is 0.500. The van der Waals surface area contributed by atoms with Crippen LogP contribution in [0.1, 0.15) is 25.3 Å². The molecule has 1 aliphatic heterocycles. The monoisotopic (exact) mass is 272 g/mol. The highest BCUT2D eigenvalue weighted by Crippen LogP contribution is 2.31. The first-order valence-electron chi connectivity index (χ1n) is 5.24. The number of hydrogen-bond donors (Lipinski definition) is 0. The zero-order valence-electron chi connectivity index (χ0n) is 8.67. The summed E-state index contributed by atoms with van der Waals surface area (Å²) in [6.45, 7) is 2.13. The molecule has 82 valence electrons. The van der Waals surface area contributed by atoms with Gasteiger partial charge in [0.1, 0.15) is 17.7 Å². The quantitative estimate of drug-likeness (QED) is 0.763. The molecule has 0 spiro atoms. The minimum atomic E-state index is -0.174. The third kappa shape index (κ3) is 2.71. The van der Waals surface area contributed by atoms with Gasteiger partial charge in [-0.1, -0.05) is 22.9 Å². The minimum absolute atomic E-state index is 0.174. The Morgan fingerprint density at radius 2 is 2.40 bits per heavy atom. The molecule has 1 aromatic rings. The Balaban J connectivity index is 1.97. The van der Waals surface area contributed by atoms with E-state index in [-0.39, 0.29) is 11.9 Å². The third-order valence-electron chi connectivity index (χ3n) is 2.65. The number of ether oxygens (including phenoxy) is 1. The van der Waals surface area contributed by atoms with E-state index in [1.165, 1.54) is 6.07 Å². The Bertz CT molecular complexity index is 351. The van der Waals surface area contributed by atoms with Crippen molar-refractivity contribution in [1.29, 1.82) is 0 Å². The molecule has 1 nitrogen and oxygen atoms in total. The van der Waals surface area contributed by atoms with Gasteiger partial charge in [-0.25, -0.2) is 4.39 Å². The molecule has 0 aromatic heterocycles. The van der Waals surface area contributed by atoms with E-state index in [2.05, 4.69) is 22.9 Å². The van der Waals surface area contributed by atoms with Crippen molar-refractivity contribution in [3.05, 3.63) is 29.6 Å². The Kier molecular flexibility index (Phi) is 3.29. The van der Waals surface area contributed by atoms with Gasteiger partial charge in [0.05, 0.1) is 0 Å². The molecule has 1 aromatic carbocycles. The molecule has 0 saturated heterocycles. The van der Waals surface area contributed by atoms with Crippen LogP contribution in [0.3, 0.4) is 0 Å². The summed E-state index contributed by atoms with van der Waals surface area (Å²) in [6, 6.07) is 4.75. The van der Waals surface area contributed by atoms with Crippen LogP contribution in [0.4, 0.5) is 4.39 Å². The van der Waals surface area contributed by atoms with E-state index in [4.69, 9.17) is 4.74 Å². The summed E-state index contributed by atoms with van der Waals surface area (Å²) < 4.78 is 18.7. The summed E-state index contributed by atoms with van der Waals surface area (Å²) in [6.07, 6.45) is 3.17. The highest BCUT2D eigenvalue weighted by atomic mass is 79.9. The van der Waals surface area contributed by atoms with Crippen molar-refractivity contribution in [2.45, 2.75) is 37.1 Å². The fourth-order valence-corrected chi connectivity index (χ4v) is 2.13. The van der Waals surface area contributed by atoms with Gasteiger partial charge in [-0.2, -0.15) is 0 Å². The summed E-state index contributed by atoms with van der Waals surface area (Å²) in [5.74, 6) is 0.676. The lowest BCUT2D eigenvalue weighted by molar-refractivity contribution is 0.218. The second-order valence-electron chi connectivity index (χ2n) is 4.05. The van der Waals surface area contributed by atoms with Gasteiger partial charge in [0, 0.05) is 16.8 Å². The van der Waals surface area contributed by atoms with Crippen molar-refractivity contribution in [1.82, 2.24) is 0 Å². The van der Waals surface area contributed by atoms with E-state index in [1.54, 1.807) is 12.1 Å². The molecule has 2 atom stereocenters. The number of alkyl halides is 1. The van der Waals surface area contributed by atoms with Gasteiger partial charge < -0.3 is 4.74 Å². The van der Waals surface area contributed by atoms with Crippen LogP contribution in [0.5, 0.6) is 5.75 Å². The predicted octanol–water partition coefficient (Wildman–Crippen LogP) is 3.69. The lowest BCUT2D eigenvalue weighted by Crippen LogP contribution is -2.13. The molecule has 2 unspecified atom stereocenters. The SMILES string of the molecule is CC(Br)CCC1Cc2cc(F)ccc2O1. The lowest BCUT2D eigenvalue weighted by Gasteiger charge is -2.10. The summed E-state index contributed by atoms with van der Waals surface area (Å²) in [5.41, 5.74) is 1.00. The van der Waals surface area contributed by atoms with Crippen molar-refractivity contribution in [3.63, 3.8) is 0 Å². The minimum Gasteiger partial charge on any atom is -0.490 e. The average Bonchev–Trinajstić information content (AvgIpc) is 2.56. The predicted molar refractivity (Wildman–Crippen MR) is 62.1 cm³/mol. The zero-order chi connectivity index (χ0) is 10.8. The van der Waals surface area contributed by atoms with Gasteiger partial charge in [0.25, 0.3) is 0 Å². The normalized spacial score (nSPS) is 20.9. The molecule has 0 bridgehead atoms. The highest BCUT2D eigenvalue weighted by molar-refractivity contribution is 9.09. The topological polar surface area (TPSA) is 9.23 Å². The third-order valence-corrected chi connectivity index (χ3v) is 3.11. The fourth-order valence-electron chi connectivity index (χ4n) is 1.87. The van der Waals surface area contributed by atoms with E-state index in [1.807, 2.05) is 0 Å². The summed E-state index contributed by atoms with van der Waals surface area (Å²) >= 11 is 3.51. The van der Waals surface area contributed by atoms with E-state index in [9.17, 15) is 4.39 Å². The van der Waals surface area contributed by atoms with Gasteiger partial charge in [0.2, 0.25) is 0 Å². The lowest BCUT2D eigenvalue weighted by atomic mass is 10.1. The van der Waals surface area contributed by atoms with Crippen molar-refractivity contribution in [2.75, 3.05) is 0 Å². The van der Waals surface area contributed by atoms with Gasteiger partial charge >= 0.3 is 0 Å². The van der Waals surface area contributed by atoms with Gasteiger partial charge in [0.15, 0.2) is 0 Å². The first kappa shape index (κ1) is 10.9. The Hall–Kier alpha value is -0.570. The van der Waals surface area contributed by atoms with Crippen molar-refractivity contribution < 1.29 is 9.13 Å². The van der Waals surface area contributed by atoms with E-state index >= 15 is 0 Å². The second kappa shape index (κ2) is 4.52. The second-order valence-corrected chi connectivity index (χ2v) is 5.62. The van der Waals surface area contributed by atoms with Crippen LogP contribution in [0, 0.1) is 5.82 Å². The standard InChI is InChI=1S/C12H14BrFO/c1-8(13)2-4-11-7-9-6-10(14)3-5-12(9)15-11/h3,5-6,8,11H,2,4,7H2,1H3. The number of hydrogen-bond acceptors (Lipinski definition) is 1. The molecular formula is C12H14BrFO. The molecule has 1 heterocycles. The van der Waals surface area contributed by atoms with Crippen LogP contribution in [0.2, 0.25) is 0 Å². The first-order valence-corrected chi connectivity index (χ1v) is 6.16. The van der Waals surface area contributed by atoms with Crippen LogP contribution in [0.15, 0.2) is 18.2 Å². The first-order chi connectivity index (χ1) is 7.15. The molecule has 3 heteroatoms. The van der Waals surface area contributed by atoms with Crippen LogP contribution < -0.4 is 4.74 Å². The number of fused-ring (bicyclic) bond motifs is 1. The van der Waals surface area contributed by atoms with E-state index < -0.39 is 0 Å². The van der Waals surface area contributed by atoms with Crippen LogP contribution in [0.25, 0.3) is 0 Å². The Labute approximate surface area is 97.8 Å². The molecule has 1 aliphatic rings. The van der Waals surface area contributed by atoms with Crippen molar-refractivity contribution in [2.24, 2.45) is 0 Å². The highest BCUT2D eigenvalue weighted by Gasteiger charge is 2.23. The van der Waals surface area contributed by atoms with Crippen LogP contribution in [-0.4, -0.2) is 10.9 Å². The molecule has 15 heavy (non-hydrogen) atoms.